The zero-order valence-corrected chi connectivity index (χ0v) is 17.0. The van der Waals surface area contributed by atoms with Gasteiger partial charge in [0.25, 0.3) is 0 Å². The molecule has 0 saturated carbocycles. The molecule has 0 bridgehead atoms. The van der Waals surface area contributed by atoms with Gasteiger partial charge in [0.2, 0.25) is 5.91 Å². The number of benzene rings is 2. The zero-order valence-electron chi connectivity index (χ0n) is 17.0. The van der Waals surface area contributed by atoms with Crippen molar-refractivity contribution in [3.8, 4) is 11.5 Å². The summed E-state index contributed by atoms with van der Waals surface area (Å²) in [5.41, 5.74) is 1.95. The van der Waals surface area contributed by atoms with Crippen LogP contribution in [0.1, 0.15) is 49.4 Å². The molecule has 2 aromatic rings. The third-order valence-electron chi connectivity index (χ3n) is 5.37. The number of carbonyl (C=O) groups is 1. The Morgan fingerprint density at radius 3 is 2.36 bits per heavy atom. The minimum absolute atomic E-state index is 0.0935. The molecular weight excluding hydrogens is 352 g/mol. The highest BCUT2D eigenvalue weighted by atomic mass is 16.5. The summed E-state index contributed by atoms with van der Waals surface area (Å²) in [5.74, 6) is 1.68. The van der Waals surface area contributed by atoms with E-state index in [0.717, 1.165) is 48.6 Å². The maximum Gasteiger partial charge on any atom is 0.244 e. The van der Waals surface area contributed by atoms with E-state index in [1.165, 1.54) is 6.42 Å². The molecule has 1 aliphatic heterocycles. The van der Waals surface area contributed by atoms with E-state index in [0.29, 0.717) is 0 Å². The van der Waals surface area contributed by atoms with Crippen LogP contribution in [-0.2, 0) is 4.79 Å². The number of methoxy groups -OCH3 is 2. The van der Waals surface area contributed by atoms with Crippen molar-refractivity contribution in [2.75, 3.05) is 27.3 Å². The minimum Gasteiger partial charge on any atom is -0.497 e. The van der Waals surface area contributed by atoms with Crippen LogP contribution in [-0.4, -0.2) is 38.1 Å². The monoisotopic (exact) mass is 382 g/mol. The Morgan fingerprint density at radius 2 is 1.71 bits per heavy atom. The van der Waals surface area contributed by atoms with Crippen LogP contribution in [0.5, 0.6) is 11.5 Å². The van der Waals surface area contributed by atoms with E-state index in [4.69, 9.17) is 9.47 Å². The first kappa shape index (κ1) is 20.2. The lowest BCUT2D eigenvalue weighted by Gasteiger charge is -2.32. The Kier molecular flexibility index (Phi) is 6.93. The maximum absolute atomic E-state index is 13.4. The lowest BCUT2D eigenvalue weighted by atomic mass is 10.00. The molecule has 1 aliphatic rings. The van der Waals surface area contributed by atoms with Crippen molar-refractivity contribution in [1.82, 2.24) is 10.2 Å². The molecule has 5 nitrogen and oxygen atoms in total. The topological polar surface area (TPSA) is 50.8 Å². The van der Waals surface area contributed by atoms with Crippen LogP contribution in [0, 0.1) is 0 Å². The lowest BCUT2D eigenvalue weighted by molar-refractivity contribution is -0.134. The molecule has 28 heavy (non-hydrogen) atoms. The molecule has 0 radical (unpaired) electrons. The van der Waals surface area contributed by atoms with E-state index in [9.17, 15) is 4.79 Å². The molecule has 2 unspecified atom stereocenters. The van der Waals surface area contributed by atoms with Crippen molar-refractivity contribution in [2.24, 2.45) is 0 Å². The van der Waals surface area contributed by atoms with Crippen LogP contribution in [0.25, 0.3) is 0 Å². The minimum atomic E-state index is -0.398. The first-order chi connectivity index (χ1) is 13.6. The van der Waals surface area contributed by atoms with Crippen molar-refractivity contribution in [3.63, 3.8) is 0 Å². The fourth-order valence-corrected chi connectivity index (χ4v) is 3.77. The van der Waals surface area contributed by atoms with Gasteiger partial charge in [-0.25, -0.2) is 0 Å². The Bertz CT molecular complexity index is 773. The van der Waals surface area contributed by atoms with Gasteiger partial charge in [-0.3, -0.25) is 10.1 Å². The number of nitrogens with one attached hydrogen (secondary N) is 1. The molecule has 1 N–H and O–H groups in total. The normalized spacial score (nSPS) is 16.3. The molecular formula is C23H30N2O3. The van der Waals surface area contributed by atoms with E-state index in [-0.39, 0.29) is 11.9 Å². The quantitative estimate of drug-likeness (QED) is 0.783. The number of hydrogen-bond acceptors (Lipinski definition) is 4. The first-order valence-electron chi connectivity index (χ1n) is 9.95. The molecule has 1 heterocycles. The summed E-state index contributed by atoms with van der Waals surface area (Å²) in [7, 11) is 3.31. The van der Waals surface area contributed by atoms with Crippen LogP contribution in [0.2, 0.25) is 0 Å². The number of carbonyl (C=O) groups excluding carboxylic acids is 1. The smallest absolute Gasteiger partial charge is 0.244 e. The number of amides is 1. The highest BCUT2D eigenvalue weighted by Gasteiger charge is 2.29. The predicted octanol–water partition coefficient (Wildman–Crippen LogP) is 4.11. The molecule has 0 aromatic heterocycles. The highest BCUT2D eigenvalue weighted by molar-refractivity contribution is 5.83. The van der Waals surface area contributed by atoms with Crippen LogP contribution >= 0.6 is 0 Å². The van der Waals surface area contributed by atoms with Crippen molar-refractivity contribution in [2.45, 2.75) is 38.3 Å². The van der Waals surface area contributed by atoms with Crippen molar-refractivity contribution in [3.05, 3.63) is 59.7 Å². The van der Waals surface area contributed by atoms with Gasteiger partial charge in [0.15, 0.2) is 0 Å². The van der Waals surface area contributed by atoms with Gasteiger partial charge in [-0.1, -0.05) is 30.3 Å². The second-order valence-electron chi connectivity index (χ2n) is 7.23. The van der Waals surface area contributed by atoms with E-state index >= 15 is 0 Å². The van der Waals surface area contributed by atoms with Gasteiger partial charge in [0.05, 0.1) is 14.2 Å². The first-order valence-corrected chi connectivity index (χ1v) is 9.95. The van der Waals surface area contributed by atoms with Crippen LogP contribution in [0.15, 0.2) is 48.5 Å². The van der Waals surface area contributed by atoms with Gasteiger partial charge in [-0.15, -0.1) is 0 Å². The van der Waals surface area contributed by atoms with Crippen LogP contribution < -0.4 is 14.8 Å². The Balaban J connectivity index is 1.88. The number of piperidine rings is 1. The molecule has 3 rings (SSSR count). The van der Waals surface area contributed by atoms with E-state index in [2.05, 4.69) is 12.2 Å². The van der Waals surface area contributed by atoms with Gasteiger partial charge < -0.3 is 14.4 Å². The Labute approximate surface area is 167 Å². The molecule has 0 spiro atoms. The molecule has 1 amide bonds. The number of rotatable bonds is 7. The molecule has 1 fully saturated rings. The van der Waals surface area contributed by atoms with Crippen molar-refractivity contribution in [1.29, 1.82) is 0 Å². The Hall–Kier alpha value is -2.53. The highest BCUT2D eigenvalue weighted by Crippen LogP contribution is 2.31. The molecule has 1 saturated heterocycles. The summed E-state index contributed by atoms with van der Waals surface area (Å²) >= 11 is 0. The summed E-state index contributed by atoms with van der Waals surface area (Å²) in [4.78, 5) is 15.3. The summed E-state index contributed by atoms with van der Waals surface area (Å²) in [5, 5.41) is 3.55. The summed E-state index contributed by atoms with van der Waals surface area (Å²) in [6, 6.07) is 15.2. The van der Waals surface area contributed by atoms with E-state index in [1.807, 2.05) is 53.4 Å². The zero-order chi connectivity index (χ0) is 19.9. The van der Waals surface area contributed by atoms with Gasteiger partial charge >= 0.3 is 0 Å². The molecule has 150 valence electrons. The summed E-state index contributed by atoms with van der Waals surface area (Å²) in [6.45, 7) is 3.72. The maximum atomic E-state index is 13.4. The number of hydrogen-bond donors (Lipinski definition) is 1. The number of nitrogens with zero attached hydrogens (tertiary/aromatic N) is 1. The van der Waals surface area contributed by atoms with E-state index < -0.39 is 6.04 Å². The van der Waals surface area contributed by atoms with Gasteiger partial charge in [0.1, 0.15) is 17.5 Å². The summed E-state index contributed by atoms with van der Waals surface area (Å²) in [6.07, 6.45) is 3.35. The lowest BCUT2D eigenvalue weighted by Crippen LogP contribution is -2.44. The second-order valence-corrected chi connectivity index (χ2v) is 7.23. The molecule has 0 aliphatic carbocycles. The third kappa shape index (κ3) is 4.65. The van der Waals surface area contributed by atoms with Gasteiger partial charge in [-0.05, 0) is 49.9 Å². The van der Waals surface area contributed by atoms with Crippen LogP contribution in [0.4, 0.5) is 0 Å². The molecule has 2 atom stereocenters. The van der Waals surface area contributed by atoms with Crippen LogP contribution in [0.3, 0.4) is 0 Å². The average Bonchev–Trinajstić information content (AvgIpc) is 2.77. The Morgan fingerprint density at radius 1 is 1.00 bits per heavy atom. The van der Waals surface area contributed by atoms with E-state index in [1.54, 1.807) is 14.2 Å². The van der Waals surface area contributed by atoms with Gasteiger partial charge in [-0.2, -0.15) is 0 Å². The third-order valence-corrected chi connectivity index (χ3v) is 5.37. The van der Waals surface area contributed by atoms with Crippen molar-refractivity contribution >= 4 is 5.91 Å². The average molecular weight is 383 g/mol. The second kappa shape index (κ2) is 9.60. The van der Waals surface area contributed by atoms with Crippen molar-refractivity contribution < 1.29 is 14.3 Å². The largest absolute Gasteiger partial charge is 0.497 e. The predicted molar refractivity (Wildman–Crippen MR) is 111 cm³/mol. The molecule has 5 heteroatoms. The molecule has 2 aromatic carbocycles. The fraction of sp³-hybridized carbons (Fsp3) is 0.435. The number of ether oxygens (including phenoxy) is 2. The van der Waals surface area contributed by atoms with Gasteiger partial charge in [0, 0.05) is 24.7 Å². The fourth-order valence-electron chi connectivity index (χ4n) is 3.77. The number of likely N-dealkylation sites (tertiary alicyclic amines) is 1. The SMILES string of the molecule is COc1ccc(OC)c(C(C)NC(C(=O)N2CCCCC2)c2ccccc2)c1. The standard InChI is InChI=1S/C23H30N2O3/c1-17(20-16-19(27-2)12-13-21(20)28-3)24-22(18-10-6-4-7-11-18)23(26)25-14-8-5-9-15-25/h4,6-7,10-13,16-17,22,24H,5,8-9,14-15H2,1-3H3. The summed E-state index contributed by atoms with van der Waals surface area (Å²) < 4.78 is 10.9.